The van der Waals surface area contributed by atoms with E-state index < -0.39 is 7.12 Å². The van der Waals surface area contributed by atoms with Gasteiger partial charge in [-0.15, -0.1) is 0 Å². The molecule has 0 spiro atoms. The highest BCUT2D eigenvalue weighted by Crippen LogP contribution is 2.35. The Morgan fingerprint density at radius 3 is 1.61 bits per heavy atom. The van der Waals surface area contributed by atoms with Crippen LogP contribution in [0.25, 0.3) is 32.9 Å². The molecule has 8 heterocycles. The number of piperidine rings is 2. The number of methoxy groups -OCH3 is 2. The van der Waals surface area contributed by atoms with Crippen molar-refractivity contribution in [2.45, 2.75) is 50.9 Å². The second-order valence-corrected chi connectivity index (χ2v) is 19.0. The number of fused-ring (bicyclic) bond motifs is 4. The van der Waals surface area contributed by atoms with Crippen molar-refractivity contribution in [1.29, 1.82) is 0 Å². The van der Waals surface area contributed by atoms with Crippen LogP contribution in [0.1, 0.15) is 59.3 Å². The zero-order chi connectivity index (χ0) is 49.7. The average Bonchev–Trinajstić information content (AvgIpc) is 4.05. The Morgan fingerprint density at radius 1 is 0.569 bits per heavy atom. The van der Waals surface area contributed by atoms with Crippen molar-refractivity contribution in [2.75, 3.05) is 50.2 Å². The van der Waals surface area contributed by atoms with Gasteiger partial charge in [0.2, 0.25) is 11.8 Å². The Bertz CT molecular complexity index is 3330. The van der Waals surface area contributed by atoms with Gasteiger partial charge in [-0.3, -0.25) is 20.0 Å². The molecule has 4 aromatic heterocycles. The monoisotopic (exact) mass is 1020 g/mol. The lowest BCUT2D eigenvalue weighted by Gasteiger charge is -2.30. The van der Waals surface area contributed by atoms with Crippen molar-refractivity contribution in [3.63, 3.8) is 0 Å². The molecule has 4 aliphatic heterocycles. The fourth-order valence-electron chi connectivity index (χ4n) is 9.37. The van der Waals surface area contributed by atoms with E-state index in [1.165, 1.54) is 18.2 Å². The third kappa shape index (κ3) is 10.5. The molecule has 6 N–H and O–H groups in total. The summed E-state index contributed by atoms with van der Waals surface area (Å²) in [5.74, 6) is 2.65. The predicted molar refractivity (Wildman–Crippen MR) is 288 cm³/mol. The maximum absolute atomic E-state index is 9.13. The molecule has 0 radical (unpaired) electrons. The highest BCUT2D eigenvalue weighted by Gasteiger charge is 2.25. The van der Waals surface area contributed by atoms with Gasteiger partial charge in [-0.05, 0) is 84.8 Å². The summed E-state index contributed by atoms with van der Waals surface area (Å²) in [4.78, 5) is 41.5. The van der Waals surface area contributed by atoms with E-state index in [9.17, 15) is 0 Å². The number of aromatic nitrogens is 6. The van der Waals surface area contributed by atoms with Crippen molar-refractivity contribution in [1.82, 2.24) is 29.9 Å². The van der Waals surface area contributed by atoms with Crippen LogP contribution in [0, 0.1) is 0 Å². The number of hydrogen-bond acceptors (Lipinski definition) is 16. The van der Waals surface area contributed by atoms with Crippen LogP contribution in [0.2, 0.25) is 0 Å². The van der Waals surface area contributed by atoms with E-state index in [2.05, 4.69) is 94.2 Å². The Morgan fingerprint density at radius 2 is 1.07 bits per heavy atom. The minimum atomic E-state index is -1.57. The highest BCUT2D eigenvalue weighted by molar-refractivity contribution is 9.10. The Labute approximate surface area is 426 Å². The number of anilines is 2. The summed E-state index contributed by atoms with van der Waals surface area (Å²) in [6.07, 6.45) is 11.2. The van der Waals surface area contributed by atoms with E-state index in [0.717, 1.165) is 135 Å². The van der Waals surface area contributed by atoms with Gasteiger partial charge in [-0.2, -0.15) is 0 Å². The predicted octanol–water partition coefficient (Wildman–Crippen LogP) is 6.42. The zero-order valence-corrected chi connectivity index (χ0v) is 41.7. The molecule has 8 aromatic rings. The number of nitrogens with zero attached hydrogens (tertiary/aromatic N) is 10. The van der Waals surface area contributed by atoms with Gasteiger partial charge in [0.05, 0.1) is 74.6 Å². The third-order valence-electron chi connectivity index (χ3n) is 13.3. The SMILES string of the molecule is COc1nc2ccccc2cc1-c1ccc2c(c1)C(c1cncc(N3CCC(N)CC3)n1)=NC2.COc1nc2ccccc2cc1B(O)O.NC1CCN(c2cncc(C3=NCc4ccc(Br)cc43)n2)CC1. The number of pyridine rings is 2. The first kappa shape index (κ1) is 48.4. The van der Waals surface area contributed by atoms with Crippen LogP contribution in [0.5, 0.6) is 11.8 Å². The minimum Gasteiger partial charge on any atom is -0.481 e. The number of rotatable bonds is 8. The minimum absolute atomic E-state index is 0.240. The molecule has 18 heteroatoms. The first-order chi connectivity index (χ1) is 35.1. The summed E-state index contributed by atoms with van der Waals surface area (Å²) in [6.45, 7) is 5.04. The van der Waals surface area contributed by atoms with Gasteiger partial charge in [-0.25, -0.2) is 19.9 Å². The number of benzene rings is 4. The number of para-hydroxylation sites is 2. The molecule has 4 aromatic carbocycles. The molecule has 0 atom stereocenters. The number of hydrogen-bond donors (Lipinski definition) is 4. The van der Waals surface area contributed by atoms with Crippen LogP contribution in [0.4, 0.5) is 11.6 Å². The molecule has 12 rings (SSSR count). The molecule has 2 saturated heterocycles. The summed E-state index contributed by atoms with van der Waals surface area (Å²) in [5.41, 5.74) is 24.1. The normalized spacial score (nSPS) is 15.4. The molecule has 0 amide bonds. The van der Waals surface area contributed by atoms with Gasteiger partial charge in [0.1, 0.15) is 23.0 Å². The van der Waals surface area contributed by atoms with Gasteiger partial charge in [0.25, 0.3) is 0 Å². The number of halogens is 1. The first-order valence-electron chi connectivity index (χ1n) is 24.0. The van der Waals surface area contributed by atoms with Crippen LogP contribution in [0.3, 0.4) is 0 Å². The lowest BCUT2D eigenvalue weighted by atomic mass is 9.80. The van der Waals surface area contributed by atoms with E-state index in [-0.39, 0.29) is 17.4 Å². The van der Waals surface area contributed by atoms with Crippen molar-refractivity contribution in [2.24, 2.45) is 21.5 Å². The summed E-state index contributed by atoms with van der Waals surface area (Å²) in [7, 11) is 1.54. The van der Waals surface area contributed by atoms with Crippen LogP contribution in [-0.4, -0.2) is 111 Å². The molecule has 4 aliphatic rings. The van der Waals surface area contributed by atoms with Gasteiger partial charge in [-0.1, -0.05) is 70.5 Å². The van der Waals surface area contributed by atoms with Crippen molar-refractivity contribution in [3.05, 3.63) is 160 Å². The molecule has 72 heavy (non-hydrogen) atoms. The lowest BCUT2D eigenvalue weighted by molar-refractivity contribution is 0.392. The molecule has 0 bridgehead atoms. The second-order valence-electron chi connectivity index (χ2n) is 18.1. The van der Waals surface area contributed by atoms with Crippen molar-refractivity contribution in [3.8, 4) is 22.9 Å². The Kier molecular flexibility index (Phi) is 14.6. The lowest BCUT2D eigenvalue weighted by Crippen LogP contribution is -2.40. The molecular formula is C54H54BBrN12O4. The van der Waals surface area contributed by atoms with Crippen LogP contribution in [-0.2, 0) is 13.1 Å². The molecule has 0 unspecified atom stereocenters. The number of aliphatic imine (C=N–C) groups is 2. The molecule has 0 aliphatic carbocycles. The van der Waals surface area contributed by atoms with Crippen molar-refractivity contribution >= 4 is 73.4 Å². The van der Waals surface area contributed by atoms with Gasteiger partial charge >= 0.3 is 7.12 Å². The summed E-state index contributed by atoms with van der Waals surface area (Å²) < 4.78 is 11.7. The Balaban J connectivity index is 0.000000135. The maximum Gasteiger partial charge on any atom is 0.494 e. The summed E-state index contributed by atoms with van der Waals surface area (Å²) in [5, 5.41) is 20.2. The smallest absolute Gasteiger partial charge is 0.481 e. The fraction of sp³-hybridized carbons (Fsp3) is 0.259. The first-order valence-corrected chi connectivity index (χ1v) is 24.8. The van der Waals surface area contributed by atoms with E-state index in [4.69, 9.17) is 50.9 Å². The highest BCUT2D eigenvalue weighted by atomic mass is 79.9. The number of ether oxygens (including phenoxy) is 2. The van der Waals surface area contributed by atoms with Crippen molar-refractivity contribution < 1.29 is 19.5 Å². The number of nitrogens with two attached hydrogens (primary N) is 2. The molecule has 0 saturated carbocycles. The second kappa shape index (κ2) is 21.6. The van der Waals surface area contributed by atoms with E-state index in [1.54, 1.807) is 25.6 Å². The maximum atomic E-state index is 9.13. The topological polar surface area (TPSA) is 220 Å². The summed E-state index contributed by atoms with van der Waals surface area (Å²) in [6, 6.07) is 32.6. The summed E-state index contributed by atoms with van der Waals surface area (Å²) >= 11 is 3.54. The van der Waals surface area contributed by atoms with Crippen LogP contribution in [0.15, 0.2) is 136 Å². The quantitative estimate of drug-likeness (QED) is 0.121. The van der Waals surface area contributed by atoms with Gasteiger partial charge in [0, 0.05) is 75.7 Å². The van der Waals surface area contributed by atoms with E-state index in [1.807, 2.05) is 54.9 Å². The van der Waals surface area contributed by atoms with Gasteiger partial charge < -0.3 is 40.8 Å². The third-order valence-corrected chi connectivity index (χ3v) is 13.8. The molecule has 364 valence electrons. The Hall–Kier alpha value is -7.22. The average molecular weight is 1030 g/mol. The largest absolute Gasteiger partial charge is 0.494 e. The molecular weight excluding hydrogens is 971 g/mol. The van der Waals surface area contributed by atoms with Crippen LogP contribution >= 0.6 is 15.9 Å². The van der Waals surface area contributed by atoms with Crippen LogP contribution < -0.4 is 36.2 Å². The van der Waals surface area contributed by atoms with E-state index in [0.29, 0.717) is 25.0 Å². The molecule has 16 nitrogen and oxygen atoms in total. The molecule has 2 fully saturated rings. The van der Waals surface area contributed by atoms with E-state index >= 15 is 0 Å². The fourth-order valence-corrected chi connectivity index (χ4v) is 9.73. The standard InChI is InChI=1S/C27H26N6O.C17H18BrN5.C10H10BNO3/c1-34-27-22(13-18-4-2-3-5-23(18)32-27)17-6-7-19-14-30-26(21(19)12-17)24-15-29-16-25(31-24)33-10-8-20(28)9-11-33;18-12-2-1-11-8-21-17(14(11)7-12)15-9-20-10-16(22-15)23-5-3-13(19)4-6-23;1-15-10-8(11(13)14)6-7-4-2-3-5-9(7)12-10/h2-7,12-13,15-16,20H,8-11,14,28H2,1H3;1-2,7,9-10,13H,3-6,8,19H2;2-6,13-14H,1H3. The van der Waals surface area contributed by atoms with Gasteiger partial charge in [0.15, 0.2) is 0 Å². The zero-order valence-electron chi connectivity index (χ0n) is 40.1.